The Morgan fingerprint density at radius 2 is 2.25 bits per heavy atom. The Morgan fingerprint density at radius 3 is 2.75 bits per heavy atom. The highest BCUT2D eigenvalue weighted by molar-refractivity contribution is 5.80. The monoisotopic (exact) mass is 226 g/mol. The van der Waals surface area contributed by atoms with Crippen LogP contribution in [-0.4, -0.2) is 31.2 Å². The molecule has 1 amide bonds. The van der Waals surface area contributed by atoms with Crippen LogP contribution in [0.15, 0.2) is 0 Å². The van der Waals surface area contributed by atoms with E-state index in [0.717, 1.165) is 18.8 Å². The highest BCUT2D eigenvalue weighted by Gasteiger charge is 2.33. The lowest BCUT2D eigenvalue weighted by molar-refractivity contribution is -0.126. The third kappa shape index (κ3) is 2.95. The van der Waals surface area contributed by atoms with Crippen molar-refractivity contribution in [3.63, 3.8) is 0 Å². The van der Waals surface area contributed by atoms with Crippen LogP contribution in [0.2, 0.25) is 0 Å². The first-order chi connectivity index (χ1) is 7.70. The quantitative estimate of drug-likeness (QED) is 0.723. The van der Waals surface area contributed by atoms with Crippen molar-refractivity contribution in [3.05, 3.63) is 0 Å². The summed E-state index contributed by atoms with van der Waals surface area (Å²) in [6.07, 6.45) is 4.80. The van der Waals surface area contributed by atoms with Gasteiger partial charge < -0.3 is 15.8 Å². The summed E-state index contributed by atoms with van der Waals surface area (Å²) >= 11 is 0. The van der Waals surface area contributed by atoms with Crippen molar-refractivity contribution in [2.45, 2.75) is 44.7 Å². The average molecular weight is 226 g/mol. The minimum atomic E-state index is -0.145. The molecular weight excluding hydrogens is 204 g/mol. The standard InChI is InChI=1S/C12H22N2O2/c1-2-9(5-8-3-4-8)14-12(15)10-6-16-7-11(10)13/h8-11H,2-7,13H2,1H3,(H,14,15). The van der Waals surface area contributed by atoms with E-state index in [0.29, 0.717) is 19.3 Å². The SMILES string of the molecule is CCC(CC1CC1)NC(=O)C1COCC1N. The molecule has 92 valence electrons. The lowest BCUT2D eigenvalue weighted by Gasteiger charge is -2.20. The van der Waals surface area contributed by atoms with Crippen LogP contribution in [0, 0.1) is 11.8 Å². The molecule has 1 aliphatic carbocycles. The van der Waals surface area contributed by atoms with Gasteiger partial charge in [0.2, 0.25) is 5.91 Å². The van der Waals surface area contributed by atoms with Gasteiger partial charge in [0.25, 0.3) is 0 Å². The van der Waals surface area contributed by atoms with Gasteiger partial charge in [0.15, 0.2) is 0 Å². The topological polar surface area (TPSA) is 64.3 Å². The molecule has 0 bridgehead atoms. The minimum Gasteiger partial charge on any atom is -0.379 e. The normalized spacial score (nSPS) is 31.4. The van der Waals surface area contributed by atoms with E-state index < -0.39 is 0 Å². The summed E-state index contributed by atoms with van der Waals surface area (Å²) in [6, 6.07) is 0.200. The van der Waals surface area contributed by atoms with E-state index in [9.17, 15) is 4.79 Å². The Morgan fingerprint density at radius 1 is 1.50 bits per heavy atom. The molecule has 16 heavy (non-hydrogen) atoms. The molecule has 4 nitrogen and oxygen atoms in total. The van der Waals surface area contributed by atoms with E-state index in [1.807, 2.05) is 0 Å². The fourth-order valence-electron chi connectivity index (χ4n) is 2.23. The Balaban J connectivity index is 1.79. The second-order valence-electron chi connectivity index (χ2n) is 5.10. The molecule has 0 spiro atoms. The highest BCUT2D eigenvalue weighted by atomic mass is 16.5. The molecule has 1 heterocycles. The number of amides is 1. The number of rotatable bonds is 5. The molecule has 0 aromatic carbocycles. The maximum absolute atomic E-state index is 12.0. The van der Waals surface area contributed by atoms with Crippen molar-refractivity contribution in [1.82, 2.24) is 5.32 Å². The molecule has 3 atom stereocenters. The van der Waals surface area contributed by atoms with Gasteiger partial charge in [-0.05, 0) is 18.8 Å². The van der Waals surface area contributed by atoms with Crippen molar-refractivity contribution in [3.8, 4) is 0 Å². The molecule has 3 N–H and O–H groups in total. The van der Waals surface area contributed by atoms with E-state index in [-0.39, 0.29) is 17.9 Å². The largest absolute Gasteiger partial charge is 0.379 e. The van der Waals surface area contributed by atoms with E-state index >= 15 is 0 Å². The van der Waals surface area contributed by atoms with Crippen molar-refractivity contribution in [2.75, 3.05) is 13.2 Å². The number of hydrogen-bond acceptors (Lipinski definition) is 3. The zero-order valence-electron chi connectivity index (χ0n) is 9.95. The summed E-state index contributed by atoms with van der Waals surface area (Å²) < 4.78 is 5.21. The molecule has 2 rings (SSSR count). The maximum atomic E-state index is 12.0. The van der Waals surface area contributed by atoms with Gasteiger partial charge in [0, 0.05) is 12.1 Å². The Labute approximate surface area is 96.9 Å². The molecular formula is C12H22N2O2. The van der Waals surface area contributed by atoms with E-state index in [1.54, 1.807) is 0 Å². The van der Waals surface area contributed by atoms with Gasteiger partial charge in [-0.25, -0.2) is 0 Å². The first-order valence-corrected chi connectivity index (χ1v) is 6.34. The number of nitrogens with two attached hydrogens (primary N) is 1. The van der Waals surface area contributed by atoms with Gasteiger partial charge in [0.1, 0.15) is 0 Å². The van der Waals surface area contributed by atoms with Crippen molar-refractivity contribution in [1.29, 1.82) is 0 Å². The molecule has 0 radical (unpaired) electrons. The van der Waals surface area contributed by atoms with Gasteiger partial charge in [0.05, 0.1) is 19.1 Å². The van der Waals surface area contributed by atoms with Gasteiger partial charge in [-0.2, -0.15) is 0 Å². The van der Waals surface area contributed by atoms with Crippen LogP contribution in [0.5, 0.6) is 0 Å². The molecule has 2 aliphatic rings. The van der Waals surface area contributed by atoms with Crippen LogP contribution in [0.4, 0.5) is 0 Å². The maximum Gasteiger partial charge on any atom is 0.227 e. The third-order valence-corrected chi connectivity index (χ3v) is 3.62. The Kier molecular flexibility index (Phi) is 3.82. The summed E-state index contributed by atoms with van der Waals surface area (Å²) in [6.45, 7) is 3.11. The van der Waals surface area contributed by atoms with Crippen molar-refractivity contribution < 1.29 is 9.53 Å². The number of nitrogens with one attached hydrogen (secondary N) is 1. The third-order valence-electron chi connectivity index (χ3n) is 3.62. The molecule has 1 saturated heterocycles. The molecule has 0 aromatic rings. The fourth-order valence-corrected chi connectivity index (χ4v) is 2.23. The first-order valence-electron chi connectivity index (χ1n) is 6.34. The van der Waals surface area contributed by atoms with Crippen LogP contribution >= 0.6 is 0 Å². The molecule has 1 aliphatic heterocycles. The van der Waals surface area contributed by atoms with Gasteiger partial charge >= 0.3 is 0 Å². The van der Waals surface area contributed by atoms with Crippen LogP contribution < -0.4 is 11.1 Å². The second kappa shape index (κ2) is 5.15. The Bertz CT molecular complexity index is 253. The van der Waals surface area contributed by atoms with E-state index in [1.165, 1.54) is 12.8 Å². The van der Waals surface area contributed by atoms with Crippen LogP contribution in [0.1, 0.15) is 32.6 Å². The number of ether oxygens (including phenoxy) is 1. The molecule has 4 heteroatoms. The molecule has 3 unspecified atom stereocenters. The molecule has 2 fully saturated rings. The molecule has 1 saturated carbocycles. The predicted molar refractivity (Wildman–Crippen MR) is 61.8 cm³/mol. The van der Waals surface area contributed by atoms with Crippen LogP contribution in [0.25, 0.3) is 0 Å². The average Bonchev–Trinajstić information content (AvgIpc) is 2.97. The summed E-state index contributed by atoms with van der Waals surface area (Å²) in [5.41, 5.74) is 5.82. The van der Waals surface area contributed by atoms with Crippen molar-refractivity contribution in [2.24, 2.45) is 17.6 Å². The summed E-state index contributed by atoms with van der Waals surface area (Å²) in [5.74, 6) is 0.782. The summed E-state index contributed by atoms with van der Waals surface area (Å²) in [4.78, 5) is 12.0. The first kappa shape index (κ1) is 11.9. The minimum absolute atomic E-state index is 0.0810. The van der Waals surface area contributed by atoms with Crippen LogP contribution in [-0.2, 0) is 9.53 Å². The van der Waals surface area contributed by atoms with Gasteiger partial charge in [-0.15, -0.1) is 0 Å². The highest BCUT2D eigenvalue weighted by Crippen LogP contribution is 2.34. The van der Waals surface area contributed by atoms with Gasteiger partial charge in [-0.1, -0.05) is 19.8 Å². The second-order valence-corrected chi connectivity index (χ2v) is 5.10. The summed E-state index contributed by atoms with van der Waals surface area (Å²) in [7, 11) is 0. The Hall–Kier alpha value is -0.610. The van der Waals surface area contributed by atoms with E-state index in [2.05, 4.69) is 12.2 Å². The number of carbonyl (C=O) groups excluding carboxylic acids is 1. The van der Waals surface area contributed by atoms with Crippen molar-refractivity contribution >= 4 is 5.91 Å². The summed E-state index contributed by atoms with van der Waals surface area (Å²) in [5, 5.41) is 3.11. The number of hydrogen-bond donors (Lipinski definition) is 2. The zero-order chi connectivity index (χ0) is 11.5. The van der Waals surface area contributed by atoms with Gasteiger partial charge in [-0.3, -0.25) is 4.79 Å². The zero-order valence-corrected chi connectivity index (χ0v) is 9.95. The fraction of sp³-hybridized carbons (Fsp3) is 0.917. The van der Waals surface area contributed by atoms with E-state index in [4.69, 9.17) is 10.5 Å². The molecule has 0 aromatic heterocycles. The lowest BCUT2D eigenvalue weighted by Crippen LogP contribution is -2.45. The van der Waals surface area contributed by atoms with Crippen LogP contribution in [0.3, 0.4) is 0 Å². The smallest absolute Gasteiger partial charge is 0.227 e. The number of carbonyl (C=O) groups is 1. The predicted octanol–water partition coefficient (Wildman–Crippen LogP) is 0.655. The lowest BCUT2D eigenvalue weighted by atomic mass is 10.0.